The van der Waals surface area contributed by atoms with Gasteiger partial charge in [0.2, 0.25) is 0 Å². The van der Waals surface area contributed by atoms with Crippen LogP contribution in [0.4, 0.5) is 5.69 Å². The second kappa shape index (κ2) is 7.44. The van der Waals surface area contributed by atoms with Gasteiger partial charge in [0, 0.05) is 5.02 Å². The molecule has 0 aromatic heterocycles. The Hall–Kier alpha value is -2.57. The van der Waals surface area contributed by atoms with Crippen molar-refractivity contribution in [1.82, 2.24) is 5.43 Å². The van der Waals surface area contributed by atoms with Gasteiger partial charge in [-0.05, 0) is 36.4 Å². The van der Waals surface area contributed by atoms with Crippen molar-refractivity contribution in [2.75, 3.05) is 11.9 Å². The number of amides is 2. The molecule has 0 fully saturated rings. The van der Waals surface area contributed by atoms with Crippen LogP contribution >= 0.6 is 11.6 Å². The van der Waals surface area contributed by atoms with Crippen molar-refractivity contribution in [2.45, 2.75) is 0 Å². The van der Waals surface area contributed by atoms with E-state index in [1.54, 1.807) is 48.5 Å². The zero-order valence-electron chi connectivity index (χ0n) is 11.5. The molecule has 0 unspecified atom stereocenters. The third-order valence-corrected chi connectivity index (χ3v) is 3.01. The van der Waals surface area contributed by atoms with Crippen LogP contribution in [0.25, 0.3) is 0 Å². The maximum absolute atomic E-state index is 11.9. The van der Waals surface area contributed by atoms with Crippen LogP contribution in [-0.4, -0.2) is 18.4 Å². The predicted molar refractivity (Wildman–Crippen MR) is 83.7 cm³/mol. The second-order valence-corrected chi connectivity index (χ2v) is 4.75. The highest BCUT2D eigenvalue weighted by molar-refractivity contribution is 6.30. The number of benzene rings is 2. The highest BCUT2D eigenvalue weighted by Crippen LogP contribution is 2.17. The van der Waals surface area contributed by atoms with Gasteiger partial charge in [-0.1, -0.05) is 23.7 Å². The molecule has 0 aliphatic rings. The molecule has 22 heavy (non-hydrogen) atoms. The first-order chi connectivity index (χ1) is 10.6. The molecule has 0 atom stereocenters. The molecule has 2 rings (SSSR count). The molecule has 6 nitrogen and oxygen atoms in total. The van der Waals surface area contributed by atoms with E-state index in [1.807, 2.05) is 5.43 Å². The van der Waals surface area contributed by atoms with Crippen LogP contribution < -0.4 is 21.3 Å². The van der Waals surface area contributed by atoms with Gasteiger partial charge < -0.3 is 10.1 Å². The molecule has 0 aliphatic carbocycles. The lowest BCUT2D eigenvalue weighted by Crippen LogP contribution is -2.31. The van der Waals surface area contributed by atoms with E-state index in [0.29, 0.717) is 16.5 Å². The van der Waals surface area contributed by atoms with Gasteiger partial charge in [-0.25, -0.2) is 5.84 Å². The molecule has 0 bridgehead atoms. The minimum Gasteiger partial charge on any atom is -0.484 e. The molecule has 0 spiro atoms. The molecule has 2 aromatic rings. The summed E-state index contributed by atoms with van der Waals surface area (Å²) in [5.41, 5.74) is 2.65. The van der Waals surface area contributed by atoms with Crippen molar-refractivity contribution in [2.24, 2.45) is 5.84 Å². The van der Waals surface area contributed by atoms with Gasteiger partial charge in [-0.2, -0.15) is 0 Å². The lowest BCUT2D eigenvalue weighted by Gasteiger charge is -2.10. The summed E-state index contributed by atoms with van der Waals surface area (Å²) in [5.74, 6) is 4.74. The zero-order chi connectivity index (χ0) is 15.9. The molecule has 7 heteroatoms. The van der Waals surface area contributed by atoms with Crippen LogP contribution in [-0.2, 0) is 4.79 Å². The first kappa shape index (κ1) is 15.8. The molecule has 0 saturated carbocycles. The van der Waals surface area contributed by atoms with Gasteiger partial charge >= 0.3 is 0 Å². The summed E-state index contributed by atoms with van der Waals surface area (Å²) in [6.07, 6.45) is 0. The van der Waals surface area contributed by atoms with Crippen molar-refractivity contribution in [3.63, 3.8) is 0 Å². The second-order valence-electron chi connectivity index (χ2n) is 4.31. The maximum Gasteiger partial charge on any atom is 0.267 e. The Bertz CT molecular complexity index is 674. The fraction of sp³-hybridized carbons (Fsp3) is 0.0667. The normalized spacial score (nSPS) is 9.91. The van der Waals surface area contributed by atoms with E-state index in [9.17, 15) is 9.59 Å². The minimum absolute atomic E-state index is 0.194. The van der Waals surface area contributed by atoms with E-state index in [-0.39, 0.29) is 12.2 Å². The van der Waals surface area contributed by atoms with Crippen molar-refractivity contribution in [3.05, 3.63) is 59.1 Å². The Morgan fingerprint density at radius 2 is 1.77 bits per heavy atom. The Morgan fingerprint density at radius 3 is 2.45 bits per heavy atom. The van der Waals surface area contributed by atoms with E-state index in [1.165, 1.54) is 0 Å². The number of hydrogen-bond acceptors (Lipinski definition) is 4. The average molecular weight is 320 g/mol. The molecular formula is C15H14ClN3O3. The molecule has 114 valence electrons. The average Bonchev–Trinajstić information content (AvgIpc) is 2.54. The molecule has 0 aliphatic heterocycles. The molecule has 0 radical (unpaired) electrons. The fourth-order valence-corrected chi connectivity index (χ4v) is 1.86. The van der Waals surface area contributed by atoms with Gasteiger partial charge in [-0.3, -0.25) is 15.0 Å². The monoisotopic (exact) mass is 319 g/mol. The van der Waals surface area contributed by atoms with Crippen molar-refractivity contribution >= 4 is 29.1 Å². The Balaban J connectivity index is 1.97. The quantitative estimate of drug-likeness (QED) is 0.446. The summed E-state index contributed by atoms with van der Waals surface area (Å²) in [5, 5.41) is 3.18. The zero-order valence-corrected chi connectivity index (χ0v) is 12.3. The number of carbonyl (C=O) groups is 2. The maximum atomic E-state index is 11.9. The van der Waals surface area contributed by atoms with Gasteiger partial charge in [0.05, 0.1) is 11.3 Å². The van der Waals surface area contributed by atoms with Crippen molar-refractivity contribution in [3.8, 4) is 5.75 Å². The van der Waals surface area contributed by atoms with E-state index >= 15 is 0 Å². The predicted octanol–water partition coefficient (Wildman–Crippen LogP) is 1.96. The smallest absolute Gasteiger partial charge is 0.267 e. The number of carbonyl (C=O) groups excluding carboxylic acids is 2. The number of nitrogen functional groups attached to an aromatic ring is 1. The minimum atomic E-state index is -0.491. The van der Waals surface area contributed by atoms with Crippen LogP contribution in [0.3, 0.4) is 0 Å². The summed E-state index contributed by atoms with van der Waals surface area (Å²) >= 11 is 5.76. The topological polar surface area (TPSA) is 93.5 Å². The number of rotatable bonds is 5. The van der Waals surface area contributed by atoms with Gasteiger partial charge in [0.15, 0.2) is 6.61 Å². The molecule has 0 heterocycles. The first-order valence-electron chi connectivity index (χ1n) is 6.38. The Morgan fingerprint density at radius 1 is 1.09 bits per heavy atom. The fourth-order valence-electron chi connectivity index (χ4n) is 1.73. The standard InChI is InChI=1S/C15H14ClN3O3/c16-10-5-7-11(8-6-10)22-9-14(20)18-13-4-2-1-3-12(13)15(21)19-17/h1-8H,9,17H2,(H,18,20)(H,19,21). The SMILES string of the molecule is NNC(=O)c1ccccc1NC(=O)COc1ccc(Cl)cc1. The lowest BCUT2D eigenvalue weighted by molar-refractivity contribution is -0.118. The van der Waals surface area contributed by atoms with Crippen molar-refractivity contribution < 1.29 is 14.3 Å². The largest absolute Gasteiger partial charge is 0.484 e. The summed E-state index contributed by atoms with van der Waals surface area (Å²) in [6.45, 7) is -0.194. The summed E-state index contributed by atoms with van der Waals surface area (Å²) < 4.78 is 5.33. The number of ether oxygens (including phenoxy) is 1. The van der Waals surface area contributed by atoms with E-state index in [0.717, 1.165) is 0 Å². The Labute approximate surface area is 132 Å². The molecule has 2 aromatic carbocycles. The van der Waals surface area contributed by atoms with E-state index in [2.05, 4.69) is 5.32 Å². The third-order valence-electron chi connectivity index (χ3n) is 2.76. The van der Waals surface area contributed by atoms with Gasteiger partial charge in [-0.15, -0.1) is 0 Å². The number of hydrazine groups is 1. The number of hydrogen-bond donors (Lipinski definition) is 3. The van der Waals surface area contributed by atoms with Crippen LogP contribution in [0.1, 0.15) is 10.4 Å². The summed E-state index contributed by atoms with van der Waals surface area (Å²) in [7, 11) is 0. The number of halogens is 1. The molecule has 4 N–H and O–H groups in total. The summed E-state index contributed by atoms with van der Waals surface area (Å²) in [6, 6.07) is 13.2. The van der Waals surface area contributed by atoms with Gasteiger partial charge in [0.25, 0.3) is 11.8 Å². The van der Waals surface area contributed by atoms with E-state index in [4.69, 9.17) is 22.2 Å². The number of anilines is 1. The molecular weight excluding hydrogens is 306 g/mol. The van der Waals surface area contributed by atoms with Crippen molar-refractivity contribution in [1.29, 1.82) is 0 Å². The van der Waals surface area contributed by atoms with E-state index < -0.39 is 11.8 Å². The molecule has 0 saturated heterocycles. The first-order valence-corrected chi connectivity index (χ1v) is 6.76. The van der Waals surface area contributed by atoms with Crippen LogP contribution in [0.2, 0.25) is 5.02 Å². The number of para-hydroxylation sites is 1. The lowest BCUT2D eigenvalue weighted by atomic mass is 10.1. The van der Waals surface area contributed by atoms with Crippen LogP contribution in [0.5, 0.6) is 5.75 Å². The molecule has 2 amide bonds. The number of nitrogens with one attached hydrogen (secondary N) is 2. The van der Waals surface area contributed by atoms with Crippen LogP contribution in [0, 0.1) is 0 Å². The highest BCUT2D eigenvalue weighted by atomic mass is 35.5. The number of nitrogens with two attached hydrogens (primary N) is 1. The highest BCUT2D eigenvalue weighted by Gasteiger charge is 2.12. The third kappa shape index (κ3) is 4.21. The summed E-state index contributed by atoms with van der Waals surface area (Å²) in [4.78, 5) is 23.5. The Kier molecular flexibility index (Phi) is 5.35. The van der Waals surface area contributed by atoms with Crippen LogP contribution in [0.15, 0.2) is 48.5 Å². The van der Waals surface area contributed by atoms with Gasteiger partial charge in [0.1, 0.15) is 5.75 Å².